The van der Waals surface area contributed by atoms with Gasteiger partial charge in [-0.1, -0.05) is 18.9 Å². The lowest BCUT2D eigenvalue weighted by Gasteiger charge is -2.24. The van der Waals surface area contributed by atoms with Crippen LogP contribution in [0.15, 0.2) is 36.5 Å². The Morgan fingerprint density at radius 2 is 2.05 bits per heavy atom. The summed E-state index contributed by atoms with van der Waals surface area (Å²) in [6, 6.07) is 9.84. The van der Waals surface area contributed by atoms with Gasteiger partial charge in [0.1, 0.15) is 5.00 Å². The third-order valence-electron chi connectivity index (χ3n) is 3.55. The van der Waals surface area contributed by atoms with Crippen molar-refractivity contribution in [3.63, 3.8) is 0 Å². The van der Waals surface area contributed by atoms with Crippen molar-refractivity contribution in [2.75, 3.05) is 4.31 Å². The maximum absolute atomic E-state index is 11.7. The highest BCUT2D eigenvalue weighted by Gasteiger charge is 2.27. The molecule has 0 bridgehead atoms. The van der Waals surface area contributed by atoms with Crippen LogP contribution in [0.3, 0.4) is 0 Å². The van der Waals surface area contributed by atoms with E-state index in [-0.39, 0.29) is 6.04 Å². The Morgan fingerprint density at radius 1 is 1.25 bits per heavy atom. The number of aromatic nitrogens is 1. The van der Waals surface area contributed by atoms with Crippen LogP contribution in [0, 0.1) is 0 Å². The molecule has 2 aromatic rings. The highest BCUT2D eigenvalue weighted by molar-refractivity contribution is 7.81. The van der Waals surface area contributed by atoms with Crippen LogP contribution in [0.5, 0.6) is 0 Å². The number of hydrogen-bond acceptors (Lipinski definition) is 3. The number of thiophene rings is 1. The van der Waals surface area contributed by atoms with Crippen molar-refractivity contribution in [2.45, 2.75) is 31.7 Å². The maximum Gasteiger partial charge on any atom is 0.262 e. The average molecular weight is 308 g/mol. The molecule has 0 spiro atoms. The van der Waals surface area contributed by atoms with Crippen LogP contribution in [-0.4, -0.2) is 19.8 Å². The second kappa shape index (κ2) is 6.03. The van der Waals surface area contributed by atoms with Gasteiger partial charge in [-0.25, -0.2) is 4.21 Å². The fraction of sp³-hybridized carbons (Fsp3) is 0.357. The minimum atomic E-state index is -1.96. The Labute approximate surface area is 124 Å². The molecule has 1 aliphatic rings. The lowest BCUT2D eigenvalue weighted by Crippen LogP contribution is -2.33. The molecule has 106 valence electrons. The van der Waals surface area contributed by atoms with Gasteiger partial charge in [-0.3, -0.25) is 13.8 Å². The van der Waals surface area contributed by atoms with Gasteiger partial charge in [0.2, 0.25) is 0 Å². The highest BCUT2D eigenvalue weighted by Crippen LogP contribution is 2.37. The third kappa shape index (κ3) is 2.77. The SMILES string of the molecule is O=S(O)N(c1ccc(-c2ccccn2)s1)C1CCCC1. The monoisotopic (exact) mass is 308 g/mol. The molecule has 1 fully saturated rings. The molecule has 0 aromatic carbocycles. The van der Waals surface area contributed by atoms with E-state index in [0.29, 0.717) is 0 Å². The zero-order valence-corrected chi connectivity index (χ0v) is 12.6. The van der Waals surface area contributed by atoms with Crippen LogP contribution in [0.2, 0.25) is 0 Å². The van der Waals surface area contributed by atoms with Gasteiger partial charge in [0.15, 0.2) is 0 Å². The largest absolute Gasteiger partial charge is 0.289 e. The van der Waals surface area contributed by atoms with Crippen molar-refractivity contribution in [1.29, 1.82) is 0 Å². The first-order chi connectivity index (χ1) is 9.75. The molecule has 1 N–H and O–H groups in total. The van der Waals surface area contributed by atoms with Gasteiger partial charge in [0.25, 0.3) is 11.3 Å². The second-order valence-electron chi connectivity index (χ2n) is 4.85. The molecule has 1 saturated carbocycles. The molecular weight excluding hydrogens is 292 g/mol. The zero-order chi connectivity index (χ0) is 13.9. The van der Waals surface area contributed by atoms with Gasteiger partial charge in [-0.05, 0) is 37.1 Å². The molecule has 6 heteroatoms. The summed E-state index contributed by atoms with van der Waals surface area (Å²) in [4.78, 5) is 5.34. The van der Waals surface area contributed by atoms with E-state index >= 15 is 0 Å². The molecule has 0 amide bonds. The van der Waals surface area contributed by atoms with Gasteiger partial charge >= 0.3 is 0 Å². The van der Waals surface area contributed by atoms with Gasteiger partial charge in [-0.15, -0.1) is 11.3 Å². The van der Waals surface area contributed by atoms with Gasteiger partial charge in [-0.2, -0.15) is 0 Å². The van der Waals surface area contributed by atoms with Crippen molar-refractivity contribution >= 4 is 27.6 Å². The first-order valence-electron chi connectivity index (χ1n) is 6.67. The minimum absolute atomic E-state index is 0.177. The number of anilines is 1. The topological polar surface area (TPSA) is 53.4 Å². The van der Waals surface area contributed by atoms with E-state index in [9.17, 15) is 8.76 Å². The van der Waals surface area contributed by atoms with E-state index in [1.54, 1.807) is 10.5 Å². The first kappa shape index (κ1) is 13.7. The maximum atomic E-state index is 11.7. The van der Waals surface area contributed by atoms with E-state index in [1.165, 1.54) is 11.3 Å². The summed E-state index contributed by atoms with van der Waals surface area (Å²) < 4.78 is 22.9. The molecular formula is C14H16N2O2S2. The average Bonchev–Trinajstić information content (AvgIpc) is 3.12. The van der Waals surface area contributed by atoms with Crippen molar-refractivity contribution < 1.29 is 8.76 Å². The smallest absolute Gasteiger partial charge is 0.262 e. The van der Waals surface area contributed by atoms with Gasteiger partial charge < -0.3 is 0 Å². The number of nitrogens with zero attached hydrogens (tertiary/aromatic N) is 2. The molecule has 0 saturated heterocycles. The van der Waals surface area contributed by atoms with Crippen molar-refractivity contribution in [3.05, 3.63) is 36.5 Å². The summed E-state index contributed by atoms with van der Waals surface area (Å²) >= 11 is -0.444. The molecule has 1 aliphatic carbocycles. The summed E-state index contributed by atoms with van der Waals surface area (Å²) in [6.07, 6.45) is 6.01. The standard InChI is InChI=1S/C14H16N2O2S2/c17-20(18)16(11-5-1-2-6-11)14-9-8-13(19-14)12-7-3-4-10-15-12/h3-4,7-11H,1-2,5-6H2,(H,17,18). The molecule has 4 nitrogen and oxygen atoms in total. The minimum Gasteiger partial charge on any atom is -0.289 e. The Bertz CT molecular complexity index is 594. The second-order valence-corrected chi connectivity index (χ2v) is 6.76. The number of rotatable bonds is 4. The molecule has 0 radical (unpaired) electrons. The quantitative estimate of drug-likeness (QED) is 0.876. The first-order valence-corrected chi connectivity index (χ1v) is 8.55. The molecule has 2 aromatic heterocycles. The van der Waals surface area contributed by atoms with Crippen molar-refractivity contribution in [3.8, 4) is 10.6 Å². The van der Waals surface area contributed by atoms with E-state index in [0.717, 1.165) is 41.3 Å². The zero-order valence-electron chi connectivity index (χ0n) is 10.9. The summed E-state index contributed by atoms with van der Waals surface area (Å²) in [5.41, 5.74) is 0.902. The fourth-order valence-electron chi connectivity index (χ4n) is 2.62. The summed E-state index contributed by atoms with van der Waals surface area (Å²) in [5, 5.41) is 0.846. The lowest BCUT2D eigenvalue weighted by atomic mass is 10.2. The van der Waals surface area contributed by atoms with Crippen molar-refractivity contribution in [2.24, 2.45) is 0 Å². The Morgan fingerprint density at radius 3 is 2.70 bits per heavy atom. The highest BCUT2D eigenvalue weighted by atomic mass is 32.2. The normalized spacial score (nSPS) is 17.2. The van der Waals surface area contributed by atoms with Crippen LogP contribution in [0.4, 0.5) is 5.00 Å². The third-order valence-corrected chi connectivity index (χ3v) is 5.60. The molecule has 1 atom stereocenters. The fourth-order valence-corrected chi connectivity index (χ4v) is 4.56. The van der Waals surface area contributed by atoms with Gasteiger partial charge in [0.05, 0.1) is 10.6 Å². The number of pyridine rings is 1. The predicted molar refractivity (Wildman–Crippen MR) is 83.1 cm³/mol. The van der Waals surface area contributed by atoms with Gasteiger partial charge in [0, 0.05) is 12.2 Å². The number of hydrogen-bond donors (Lipinski definition) is 1. The summed E-state index contributed by atoms with van der Waals surface area (Å²) in [5.74, 6) is 0. The predicted octanol–water partition coefficient (Wildman–Crippen LogP) is 3.70. The summed E-state index contributed by atoms with van der Waals surface area (Å²) in [6.45, 7) is 0. The van der Waals surface area contributed by atoms with Crippen LogP contribution in [0.25, 0.3) is 10.6 Å². The van der Waals surface area contributed by atoms with E-state index in [2.05, 4.69) is 4.98 Å². The summed E-state index contributed by atoms with van der Waals surface area (Å²) in [7, 11) is 0. The van der Waals surface area contributed by atoms with Crippen LogP contribution in [-0.2, 0) is 11.3 Å². The molecule has 0 aliphatic heterocycles. The van der Waals surface area contributed by atoms with E-state index < -0.39 is 11.3 Å². The Kier molecular flexibility index (Phi) is 4.14. The lowest BCUT2D eigenvalue weighted by molar-refractivity contribution is 0.545. The molecule has 2 heterocycles. The molecule has 20 heavy (non-hydrogen) atoms. The van der Waals surface area contributed by atoms with Crippen LogP contribution < -0.4 is 4.31 Å². The van der Waals surface area contributed by atoms with Crippen LogP contribution >= 0.6 is 11.3 Å². The molecule has 1 unspecified atom stereocenters. The Hall–Kier alpha value is -1.24. The Balaban J connectivity index is 1.89. The van der Waals surface area contributed by atoms with E-state index in [4.69, 9.17) is 0 Å². The van der Waals surface area contributed by atoms with Crippen LogP contribution in [0.1, 0.15) is 25.7 Å². The molecule has 3 rings (SSSR count). The van der Waals surface area contributed by atoms with E-state index in [1.807, 2.05) is 30.3 Å². The van der Waals surface area contributed by atoms with Crippen molar-refractivity contribution in [1.82, 2.24) is 4.98 Å².